The minimum atomic E-state index is -3.39. The fraction of sp³-hybridized carbons (Fsp3) is 0.214. The van der Waals surface area contributed by atoms with Crippen LogP contribution in [0.15, 0.2) is 82.7 Å². The monoisotopic (exact) mass is 748 g/mol. The van der Waals surface area contributed by atoms with Crippen LogP contribution in [0.4, 0.5) is 17.1 Å². The van der Waals surface area contributed by atoms with Gasteiger partial charge in [0.05, 0.1) is 53.6 Å². The number of rotatable bonds is 6. The molecular formula is C28H30Cl5N4NaO4S2. The summed E-state index contributed by atoms with van der Waals surface area (Å²) in [5, 5.41) is 3.68. The standard InChI is InChI=1S/C15H15Cl2NO2S.C9H13NO2S.C4HCl3N2.Na.H/c1-10(2)21(19,20)15-6-4-3-5-13(15)18-14-9-11(16)7-8-12(14)17;1-7(2)13(11,12)9-6-4-3-5-8(9)10;5-2-1-8-4(7)9-3(2)6;;/h3-10,18H,1-2H3;3-7H,10H2,1-2H3;1H;;/q;;;+1;-1. The van der Waals surface area contributed by atoms with E-state index in [1.165, 1.54) is 12.3 Å². The summed E-state index contributed by atoms with van der Waals surface area (Å²) in [5.41, 5.74) is 6.93. The van der Waals surface area contributed by atoms with Gasteiger partial charge in [0.1, 0.15) is 0 Å². The number of nitrogens with two attached hydrogens (primary N) is 1. The summed E-state index contributed by atoms with van der Waals surface area (Å²) < 4.78 is 48.1. The van der Waals surface area contributed by atoms with Crippen LogP contribution in [0.2, 0.25) is 25.5 Å². The van der Waals surface area contributed by atoms with Crippen LogP contribution in [-0.4, -0.2) is 37.3 Å². The SMILES string of the molecule is CC(C)S(=O)(=O)c1ccccc1N.CC(C)S(=O)(=O)c1ccccc1Nc1cc(Cl)ccc1Cl.Clc1ncc(Cl)c(Cl)n1.[H-].[Na+]. The van der Waals surface area contributed by atoms with Crippen molar-refractivity contribution in [1.82, 2.24) is 9.97 Å². The fourth-order valence-electron chi connectivity index (χ4n) is 3.13. The van der Waals surface area contributed by atoms with Crippen LogP contribution in [0.25, 0.3) is 0 Å². The second-order valence-corrected chi connectivity index (χ2v) is 16.1. The van der Waals surface area contributed by atoms with Gasteiger partial charge in [-0.2, -0.15) is 0 Å². The minimum Gasteiger partial charge on any atom is -1.00 e. The summed E-state index contributed by atoms with van der Waals surface area (Å²) in [7, 11) is -6.62. The van der Waals surface area contributed by atoms with Gasteiger partial charge in [0, 0.05) is 5.02 Å². The van der Waals surface area contributed by atoms with Gasteiger partial charge < -0.3 is 12.5 Å². The first-order chi connectivity index (χ1) is 20.0. The molecule has 4 aromatic rings. The number of hydrogen-bond donors (Lipinski definition) is 2. The summed E-state index contributed by atoms with van der Waals surface area (Å²) in [4.78, 5) is 7.61. The first-order valence-electron chi connectivity index (χ1n) is 12.4. The van der Waals surface area contributed by atoms with Crippen LogP contribution in [0.1, 0.15) is 29.1 Å². The largest absolute Gasteiger partial charge is 1.00 e. The van der Waals surface area contributed by atoms with Crippen LogP contribution in [-0.2, 0) is 19.7 Å². The Morgan fingerprint density at radius 1 is 0.727 bits per heavy atom. The maximum absolute atomic E-state index is 12.4. The number of aromatic nitrogens is 2. The normalized spacial score (nSPS) is 11.1. The Morgan fingerprint density at radius 2 is 1.25 bits per heavy atom. The van der Waals surface area contributed by atoms with Gasteiger partial charge in [-0.3, -0.25) is 0 Å². The molecule has 0 amide bonds. The van der Waals surface area contributed by atoms with Crippen molar-refractivity contribution >= 4 is 94.7 Å². The molecule has 234 valence electrons. The summed E-state index contributed by atoms with van der Waals surface area (Å²) in [6.45, 7) is 6.58. The smallest absolute Gasteiger partial charge is 1.00 e. The zero-order valence-electron chi connectivity index (χ0n) is 25.4. The second-order valence-electron chi connectivity index (χ2n) is 9.25. The van der Waals surface area contributed by atoms with Gasteiger partial charge in [0.2, 0.25) is 5.28 Å². The maximum atomic E-state index is 12.4. The number of anilines is 3. The van der Waals surface area contributed by atoms with E-state index in [0.717, 1.165) is 0 Å². The van der Waals surface area contributed by atoms with Crippen LogP contribution < -0.4 is 40.6 Å². The van der Waals surface area contributed by atoms with Crippen LogP contribution in [0, 0.1) is 0 Å². The second kappa shape index (κ2) is 18.1. The van der Waals surface area contributed by atoms with Crippen molar-refractivity contribution in [2.75, 3.05) is 11.1 Å². The van der Waals surface area contributed by atoms with E-state index in [4.69, 9.17) is 63.7 Å². The van der Waals surface area contributed by atoms with Crippen LogP contribution in [0.5, 0.6) is 0 Å². The van der Waals surface area contributed by atoms with Gasteiger partial charge in [0.15, 0.2) is 24.8 Å². The zero-order valence-corrected chi connectivity index (χ0v) is 31.8. The zero-order chi connectivity index (χ0) is 32.5. The molecule has 1 heterocycles. The van der Waals surface area contributed by atoms with Gasteiger partial charge in [-0.1, -0.05) is 70.7 Å². The molecule has 0 saturated heterocycles. The van der Waals surface area contributed by atoms with Crippen LogP contribution >= 0.6 is 58.0 Å². The molecule has 0 bridgehead atoms. The molecule has 0 spiro atoms. The summed E-state index contributed by atoms with van der Waals surface area (Å²) in [5.74, 6) is 0. The van der Waals surface area contributed by atoms with E-state index in [9.17, 15) is 16.8 Å². The fourth-order valence-corrected chi connectivity index (χ4v) is 6.24. The molecule has 0 aliphatic rings. The Hall–Kier alpha value is -1.31. The first kappa shape index (κ1) is 40.7. The Balaban J connectivity index is 0.000000692. The van der Waals surface area contributed by atoms with E-state index in [2.05, 4.69) is 15.3 Å². The number of halogens is 5. The molecule has 0 radical (unpaired) electrons. The number of para-hydroxylation sites is 2. The van der Waals surface area contributed by atoms with Crippen LogP contribution in [0.3, 0.4) is 0 Å². The molecule has 3 aromatic carbocycles. The Labute approximate surface area is 307 Å². The van der Waals surface area contributed by atoms with E-state index in [1.54, 1.807) is 88.4 Å². The van der Waals surface area contributed by atoms with Gasteiger partial charge in [0.25, 0.3) is 0 Å². The molecule has 0 saturated carbocycles. The van der Waals surface area contributed by atoms with E-state index in [0.29, 0.717) is 32.1 Å². The van der Waals surface area contributed by atoms with Crippen molar-refractivity contribution in [1.29, 1.82) is 0 Å². The van der Waals surface area contributed by atoms with Crippen molar-refractivity contribution in [3.8, 4) is 0 Å². The number of nitrogens with one attached hydrogen (secondary N) is 1. The molecule has 1 aromatic heterocycles. The first-order valence-corrected chi connectivity index (χ1v) is 17.4. The molecule has 0 aliphatic carbocycles. The quantitative estimate of drug-likeness (QED) is 0.108. The van der Waals surface area contributed by atoms with E-state index < -0.39 is 30.2 Å². The molecule has 0 unspecified atom stereocenters. The van der Waals surface area contributed by atoms with Gasteiger partial charge in [-0.15, -0.1) is 0 Å². The molecule has 8 nitrogen and oxygen atoms in total. The molecule has 0 fully saturated rings. The predicted molar refractivity (Wildman–Crippen MR) is 180 cm³/mol. The minimum absolute atomic E-state index is 0. The van der Waals surface area contributed by atoms with Gasteiger partial charge >= 0.3 is 29.6 Å². The van der Waals surface area contributed by atoms with Crippen molar-refractivity contribution in [2.24, 2.45) is 0 Å². The molecule has 44 heavy (non-hydrogen) atoms. The molecule has 4 rings (SSSR count). The molecule has 0 aliphatic heterocycles. The molecule has 3 N–H and O–H groups in total. The third kappa shape index (κ3) is 11.5. The number of sulfone groups is 2. The van der Waals surface area contributed by atoms with E-state index in [-0.39, 0.29) is 51.2 Å². The number of nitrogen functional groups attached to an aromatic ring is 1. The van der Waals surface area contributed by atoms with Crippen molar-refractivity contribution in [2.45, 2.75) is 48.0 Å². The predicted octanol–water partition coefficient (Wildman–Crippen LogP) is 5.92. The van der Waals surface area contributed by atoms with Crippen molar-refractivity contribution in [3.63, 3.8) is 0 Å². The molecule has 16 heteroatoms. The molecular weight excluding hydrogens is 721 g/mol. The Bertz CT molecular complexity index is 1780. The Morgan fingerprint density at radius 3 is 1.77 bits per heavy atom. The number of hydrogen-bond acceptors (Lipinski definition) is 8. The molecule has 0 atom stereocenters. The van der Waals surface area contributed by atoms with Gasteiger partial charge in [-0.25, -0.2) is 26.8 Å². The number of benzene rings is 3. The summed E-state index contributed by atoms with van der Waals surface area (Å²) >= 11 is 28.3. The average Bonchev–Trinajstić information content (AvgIpc) is 2.94. The third-order valence-electron chi connectivity index (χ3n) is 5.53. The average molecular weight is 751 g/mol. The van der Waals surface area contributed by atoms with Gasteiger partial charge in [-0.05, 0) is 81.8 Å². The van der Waals surface area contributed by atoms with E-state index >= 15 is 0 Å². The third-order valence-corrected chi connectivity index (χ3v) is 11.4. The van der Waals surface area contributed by atoms with Crippen molar-refractivity contribution < 1.29 is 47.8 Å². The van der Waals surface area contributed by atoms with Crippen molar-refractivity contribution in [3.05, 3.63) is 98.4 Å². The topological polar surface area (TPSA) is 132 Å². The number of nitrogens with zero attached hydrogens (tertiary/aromatic N) is 2. The maximum Gasteiger partial charge on any atom is 1.00 e. The summed E-state index contributed by atoms with van der Waals surface area (Å²) in [6.07, 6.45) is 1.35. The van der Waals surface area contributed by atoms with E-state index in [1.807, 2.05) is 0 Å². The Kier molecular flexibility index (Phi) is 16.8. The summed E-state index contributed by atoms with van der Waals surface area (Å²) in [6, 6.07) is 18.2.